The van der Waals surface area contributed by atoms with Gasteiger partial charge in [-0.1, -0.05) is 315 Å². The number of carbonyl (C=O) groups excluding carboxylic acids is 4. The highest BCUT2D eigenvalue weighted by molar-refractivity contribution is 7.47. The van der Waals surface area contributed by atoms with Gasteiger partial charge >= 0.3 is 39.5 Å². The van der Waals surface area contributed by atoms with Gasteiger partial charge in [0.2, 0.25) is 0 Å². The number of carbonyl (C=O) groups is 4. The van der Waals surface area contributed by atoms with Crippen molar-refractivity contribution in [1.82, 2.24) is 0 Å². The van der Waals surface area contributed by atoms with Gasteiger partial charge in [0.1, 0.15) is 19.3 Å². The quantitative estimate of drug-likeness (QED) is 0.0169. The number of hydrogen-bond donors (Lipinski definition) is 3. The van der Waals surface area contributed by atoms with Gasteiger partial charge in [0.15, 0.2) is 12.2 Å². The summed E-state index contributed by atoms with van der Waals surface area (Å²) in [7, 11) is -9.98. The van der Waals surface area contributed by atoms with Crippen LogP contribution < -0.4 is 0 Å². The number of rotatable bonds is 78. The second-order valence-corrected chi connectivity index (χ2v) is 30.5. The van der Waals surface area contributed by atoms with E-state index >= 15 is 0 Å². The van der Waals surface area contributed by atoms with Crippen LogP contribution in [0.5, 0.6) is 0 Å². The van der Waals surface area contributed by atoms with E-state index in [9.17, 15) is 43.2 Å². The van der Waals surface area contributed by atoms with E-state index in [0.717, 1.165) is 205 Å². The van der Waals surface area contributed by atoms with Gasteiger partial charge in [-0.15, -0.1) is 0 Å². The molecule has 19 heteroatoms. The van der Waals surface area contributed by atoms with Crippen molar-refractivity contribution in [3.63, 3.8) is 0 Å². The van der Waals surface area contributed by atoms with Crippen molar-refractivity contribution >= 4 is 39.5 Å². The number of phosphoric acid groups is 2. The molecule has 0 aromatic carbocycles. The zero-order valence-corrected chi connectivity index (χ0v) is 69.5. The standard InChI is InChI=1S/C89H150O17P2/c1-5-9-13-17-21-25-29-33-36-39-41-44-46-50-53-57-61-65-69-73-86(91)99-79-84(105-88(93)75-71-67-63-59-55-49-32-28-24-20-16-12-8-4)81-103-107(95,96)101-77-83(90)78-102-108(97,98)104-82-85(106-89(94)76-72-68-64-60-56-52-48-43-38-35-31-27-23-19-15-11-7-3)80-100-87(92)74-70-66-62-58-54-51-47-45-42-40-37-34-30-26-22-18-14-10-6-2/h9-11,13-15,21-23,25-27,33-38,41-42,44-45,50,53,83-85,90H,5-8,12,16-20,24,28-32,39-40,43,46-49,51-52,54-82H2,1-4H3,(H,95,96)(H,97,98)/b13-9-,14-10-,15-11-,25-21-,26-22-,27-23-,36-33-,37-34-,38-35-,44-41-,45-42-,53-50-. The summed E-state index contributed by atoms with van der Waals surface area (Å²) in [6.07, 6.45) is 92.4. The largest absolute Gasteiger partial charge is 0.472 e. The Morgan fingerprint density at radius 2 is 0.481 bits per heavy atom. The molecule has 0 saturated carbocycles. The fourth-order valence-electron chi connectivity index (χ4n) is 11.0. The molecule has 0 heterocycles. The summed E-state index contributed by atoms with van der Waals surface area (Å²) in [5, 5.41) is 10.7. The number of aliphatic hydroxyl groups is 1. The molecular weight excluding hydrogens is 1400 g/mol. The van der Waals surface area contributed by atoms with Crippen molar-refractivity contribution in [3.8, 4) is 0 Å². The molecule has 0 aromatic rings. The number of allylic oxidation sites excluding steroid dienone is 24. The van der Waals surface area contributed by atoms with E-state index in [-0.39, 0.29) is 25.7 Å². The molecule has 0 radical (unpaired) electrons. The Morgan fingerprint density at radius 1 is 0.269 bits per heavy atom. The summed E-state index contributed by atoms with van der Waals surface area (Å²) in [6.45, 7) is 4.51. The molecule has 0 aliphatic heterocycles. The molecule has 3 N–H and O–H groups in total. The van der Waals surface area contributed by atoms with E-state index in [1.165, 1.54) is 51.4 Å². The minimum atomic E-state index is -4.99. The molecule has 0 aromatic heterocycles. The zero-order chi connectivity index (χ0) is 78.9. The molecule has 618 valence electrons. The maximum Gasteiger partial charge on any atom is 0.472 e. The van der Waals surface area contributed by atoms with Crippen LogP contribution in [0.15, 0.2) is 146 Å². The fourth-order valence-corrected chi connectivity index (χ4v) is 12.6. The van der Waals surface area contributed by atoms with Gasteiger partial charge in [0.25, 0.3) is 0 Å². The highest BCUT2D eigenvalue weighted by atomic mass is 31.2. The van der Waals surface area contributed by atoms with E-state index in [4.69, 9.17) is 37.0 Å². The first-order valence-corrected chi connectivity index (χ1v) is 45.1. The van der Waals surface area contributed by atoms with Gasteiger partial charge < -0.3 is 33.8 Å². The lowest BCUT2D eigenvalue weighted by atomic mass is 10.0. The zero-order valence-electron chi connectivity index (χ0n) is 67.7. The van der Waals surface area contributed by atoms with Crippen molar-refractivity contribution in [1.29, 1.82) is 0 Å². The van der Waals surface area contributed by atoms with E-state index in [0.29, 0.717) is 25.7 Å². The topological polar surface area (TPSA) is 237 Å². The van der Waals surface area contributed by atoms with Crippen LogP contribution in [-0.2, 0) is 65.4 Å². The van der Waals surface area contributed by atoms with Crippen LogP contribution in [0.25, 0.3) is 0 Å². The molecule has 17 nitrogen and oxygen atoms in total. The summed E-state index contributed by atoms with van der Waals surface area (Å²) >= 11 is 0. The molecule has 0 aliphatic carbocycles. The van der Waals surface area contributed by atoms with E-state index in [1.54, 1.807) is 0 Å². The highest BCUT2D eigenvalue weighted by Crippen LogP contribution is 2.45. The smallest absolute Gasteiger partial charge is 0.462 e. The maximum absolute atomic E-state index is 13.1. The van der Waals surface area contributed by atoms with Gasteiger partial charge in [0.05, 0.1) is 26.4 Å². The lowest BCUT2D eigenvalue weighted by Crippen LogP contribution is -2.30. The van der Waals surface area contributed by atoms with E-state index in [2.05, 4.69) is 174 Å². The summed E-state index contributed by atoms with van der Waals surface area (Å²) in [6, 6.07) is 0. The Kier molecular flexibility index (Phi) is 76.3. The van der Waals surface area contributed by atoms with Crippen molar-refractivity contribution in [2.45, 2.75) is 354 Å². The number of hydrogen-bond acceptors (Lipinski definition) is 15. The van der Waals surface area contributed by atoms with Crippen molar-refractivity contribution in [3.05, 3.63) is 146 Å². The first-order chi connectivity index (χ1) is 52.7. The van der Waals surface area contributed by atoms with Crippen LogP contribution >= 0.6 is 15.6 Å². The molecule has 0 fully saturated rings. The van der Waals surface area contributed by atoms with Crippen molar-refractivity contribution in [2.24, 2.45) is 0 Å². The fraction of sp³-hybridized carbons (Fsp3) is 0.685. The van der Waals surface area contributed by atoms with Gasteiger partial charge in [0, 0.05) is 25.7 Å². The predicted molar refractivity (Wildman–Crippen MR) is 445 cm³/mol. The molecule has 5 unspecified atom stereocenters. The van der Waals surface area contributed by atoms with Crippen LogP contribution in [0.4, 0.5) is 0 Å². The second-order valence-electron chi connectivity index (χ2n) is 27.6. The summed E-state index contributed by atoms with van der Waals surface area (Å²) in [4.78, 5) is 73.2. The van der Waals surface area contributed by atoms with Crippen molar-refractivity contribution in [2.75, 3.05) is 39.6 Å². The maximum atomic E-state index is 13.1. The van der Waals surface area contributed by atoms with Crippen molar-refractivity contribution < 1.29 is 80.2 Å². The third kappa shape index (κ3) is 79.0. The molecule has 0 spiro atoms. The van der Waals surface area contributed by atoms with Crippen LogP contribution in [-0.4, -0.2) is 96.7 Å². The Hall–Kier alpha value is -5.06. The predicted octanol–water partition coefficient (Wildman–Crippen LogP) is 25.0. The number of esters is 4. The Morgan fingerprint density at radius 3 is 0.750 bits per heavy atom. The summed E-state index contributed by atoms with van der Waals surface area (Å²) in [5.74, 6) is -2.23. The molecule has 0 aliphatic rings. The Balaban J connectivity index is 5.40. The van der Waals surface area contributed by atoms with Crippen LogP contribution in [0.2, 0.25) is 0 Å². The summed E-state index contributed by atoms with van der Waals surface area (Å²) < 4.78 is 68.8. The number of ether oxygens (including phenoxy) is 4. The van der Waals surface area contributed by atoms with Crippen LogP contribution in [0, 0.1) is 0 Å². The minimum absolute atomic E-state index is 0.0764. The number of phosphoric ester groups is 2. The van der Waals surface area contributed by atoms with Gasteiger partial charge in [-0.05, 0) is 141 Å². The second kappa shape index (κ2) is 80.0. The molecule has 0 amide bonds. The van der Waals surface area contributed by atoms with Crippen LogP contribution in [0.3, 0.4) is 0 Å². The van der Waals surface area contributed by atoms with Crippen LogP contribution in [0.1, 0.15) is 336 Å². The van der Waals surface area contributed by atoms with E-state index in [1.807, 2.05) is 0 Å². The average Bonchev–Trinajstić information content (AvgIpc) is 0.916. The molecule has 0 saturated heterocycles. The number of unbranched alkanes of at least 4 members (excludes halogenated alkanes) is 28. The first-order valence-electron chi connectivity index (χ1n) is 42.1. The molecule has 0 bridgehead atoms. The highest BCUT2D eigenvalue weighted by Gasteiger charge is 2.30. The van der Waals surface area contributed by atoms with Gasteiger partial charge in [-0.2, -0.15) is 0 Å². The lowest BCUT2D eigenvalue weighted by Gasteiger charge is -2.21. The third-order valence-electron chi connectivity index (χ3n) is 17.3. The number of aliphatic hydroxyl groups excluding tert-OH is 1. The first kappa shape index (κ1) is 103. The Labute approximate surface area is 656 Å². The molecule has 5 atom stereocenters. The van der Waals surface area contributed by atoms with Gasteiger partial charge in [-0.3, -0.25) is 37.3 Å². The Bertz CT molecular complexity index is 2610. The minimum Gasteiger partial charge on any atom is -0.462 e. The molecular formula is C89H150O17P2. The lowest BCUT2D eigenvalue weighted by molar-refractivity contribution is -0.161. The third-order valence-corrected chi connectivity index (χ3v) is 19.2. The SMILES string of the molecule is CC/C=C\C/C=C\C/C=C\C/C=C\C/C=C\CCCCCC(=O)OCC(COP(=O)(O)OCC(O)COP(=O)(O)OCC(COC(=O)CCCCCCCC/C=C\C/C=C\C/C=C\C/C=C\CC)OC(=O)CCCCCCCCC/C=C\C/C=C\C/C=C\CC)OC(=O)CCCCCCCCCCCCCCC. The molecule has 108 heavy (non-hydrogen) atoms. The average molecular weight is 1550 g/mol. The summed E-state index contributed by atoms with van der Waals surface area (Å²) in [5.41, 5.74) is 0. The monoisotopic (exact) mass is 1550 g/mol. The normalized spacial score (nSPS) is 14.5. The van der Waals surface area contributed by atoms with E-state index < -0.39 is 97.5 Å². The molecule has 0 rings (SSSR count). The van der Waals surface area contributed by atoms with Gasteiger partial charge in [-0.25, -0.2) is 9.13 Å².